The lowest BCUT2D eigenvalue weighted by Gasteiger charge is -2.06. The van der Waals surface area contributed by atoms with Gasteiger partial charge in [-0.3, -0.25) is 0 Å². The summed E-state index contributed by atoms with van der Waals surface area (Å²) in [4.78, 5) is 7.01. The molecule has 0 atom stereocenters. The molecule has 0 unspecified atom stereocenters. The molecule has 88 valence electrons. The van der Waals surface area contributed by atoms with Gasteiger partial charge in [0.1, 0.15) is 0 Å². The van der Waals surface area contributed by atoms with Gasteiger partial charge in [0.25, 0.3) is 0 Å². The number of fused-ring (bicyclic) bond motifs is 1. The van der Waals surface area contributed by atoms with E-state index < -0.39 is 0 Å². The van der Waals surface area contributed by atoms with Gasteiger partial charge in [0, 0.05) is 30.5 Å². The van der Waals surface area contributed by atoms with Gasteiger partial charge >= 0.3 is 0 Å². The van der Waals surface area contributed by atoms with Crippen molar-refractivity contribution in [2.24, 2.45) is 0 Å². The fraction of sp³-hybridized carbons (Fsp3) is 0.250. The molecule has 1 aliphatic rings. The topological polar surface area (TPSA) is 59.2 Å². The van der Waals surface area contributed by atoms with Crippen LogP contribution in [0.3, 0.4) is 0 Å². The first kappa shape index (κ1) is 10.2. The second-order valence-electron chi connectivity index (χ2n) is 3.83. The number of hydrogen-bond donors (Lipinski definition) is 2. The van der Waals surface area contributed by atoms with Crippen molar-refractivity contribution in [3.63, 3.8) is 0 Å². The summed E-state index contributed by atoms with van der Waals surface area (Å²) in [6.07, 6.45) is 3.48. The highest BCUT2D eigenvalue weighted by Gasteiger charge is 2.16. The van der Waals surface area contributed by atoms with Gasteiger partial charge in [-0.25, -0.2) is 4.98 Å². The van der Waals surface area contributed by atoms with Crippen LogP contribution in [0, 0.1) is 0 Å². The molecule has 3 rings (SSSR count). The Hall–Kier alpha value is -2.01. The molecule has 0 radical (unpaired) electrons. The van der Waals surface area contributed by atoms with Gasteiger partial charge < -0.3 is 19.8 Å². The zero-order chi connectivity index (χ0) is 11.5. The van der Waals surface area contributed by atoms with Crippen LogP contribution in [0.15, 0.2) is 30.7 Å². The zero-order valence-electron chi connectivity index (χ0n) is 9.27. The third-order valence-corrected chi connectivity index (χ3v) is 2.66. The standard InChI is InChI=1S/C12H13N3O2/c1-2-9(12-11(3-1)16-8-17-12)4-13-5-10-6-14-7-15-10/h1-3,6-7,13H,4-5,8H2,(H,14,15). The fourth-order valence-electron chi connectivity index (χ4n) is 1.84. The molecule has 2 N–H and O–H groups in total. The Morgan fingerprint density at radius 3 is 3.18 bits per heavy atom. The van der Waals surface area contributed by atoms with Crippen molar-refractivity contribution in [3.05, 3.63) is 42.0 Å². The van der Waals surface area contributed by atoms with Crippen LogP contribution in [0.25, 0.3) is 0 Å². The maximum absolute atomic E-state index is 5.43. The van der Waals surface area contributed by atoms with Crippen molar-refractivity contribution in [2.75, 3.05) is 6.79 Å². The number of benzene rings is 1. The minimum atomic E-state index is 0.312. The second kappa shape index (κ2) is 4.47. The zero-order valence-corrected chi connectivity index (χ0v) is 9.27. The molecule has 0 saturated carbocycles. The molecule has 2 aromatic rings. The van der Waals surface area contributed by atoms with Crippen LogP contribution in [0.1, 0.15) is 11.3 Å². The van der Waals surface area contributed by atoms with Gasteiger partial charge in [-0.2, -0.15) is 0 Å². The van der Waals surface area contributed by atoms with Gasteiger partial charge in [-0.15, -0.1) is 0 Å². The maximum atomic E-state index is 5.43. The molecule has 0 aliphatic carbocycles. The van der Waals surface area contributed by atoms with Crippen LogP contribution < -0.4 is 14.8 Å². The van der Waals surface area contributed by atoms with Gasteiger partial charge in [0.05, 0.1) is 6.33 Å². The average molecular weight is 231 g/mol. The predicted octanol–water partition coefficient (Wildman–Crippen LogP) is 1.43. The Morgan fingerprint density at radius 2 is 2.29 bits per heavy atom. The SMILES string of the molecule is c1cc(CNCc2cnc[nH]2)c2c(c1)OCO2. The molecule has 0 saturated heterocycles. The Balaban J connectivity index is 1.64. The number of imidazole rings is 1. The Labute approximate surface area is 98.8 Å². The van der Waals surface area contributed by atoms with Crippen molar-refractivity contribution in [2.45, 2.75) is 13.1 Å². The lowest BCUT2D eigenvalue weighted by Crippen LogP contribution is -2.13. The summed E-state index contributed by atoms with van der Waals surface area (Å²) in [5.41, 5.74) is 2.18. The van der Waals surface area contributed by atoms with Crippen molar-refractivity contribution < 1.29 is 9.47 Å². The fourth-order valence-corrected chi connectivity index (χ4v) is 1.84. The summed E-state index contributed by atoms with van der Waals surface area (Å²) >= 11 is 0. The summed E-state index contributed by atoms with van der Waals surface area (Å²) in [7, 11) is 0. The number of hydrogen-bond acceptors (Lipinski definition) is 4. The van der Waals surface area contributed by atoms with Gasteiger partial charge in [0.2, 0.25) is 6.79 Å². The molecule has 1 aliphatic heterocycles. The number of ether oxygens (including phenoxy) is 2. The second-order valence-corrected chi connectivity index (χ2v) is 3.83. The number of aromatic nitrogens is 2. The number of aromatic amines is 1. The minimum Gasteiger partial charge on any atom is -0.454 e. The first-order chi connectivity index (χ1) is 8.43. The highest BCUT2D eigenvalue weighted by atomic mass is 16.7. The molecule has 0 amide bonds. The van der Waals surface area contributed by atoms with E-state index in [1.54, 1.807) is 6.33 Å². The average Bonchev–Trinajstić information content (AvgIpc) is 2.99. The van der Waals surface area contributed by atoms with Gasteiger partial charge in [-0.1, -0.05) is 12.1 Å². The van der Waals surface area contributed by atoms with Crippen LogP contribution in [-0.2, 0) is 13.1 Å². The van der Waals surface area contributed by atoms with Crippen LogP contribution in [0.4, 0.5) is 0 Å². The lowest BCUT2D eigenvalue weighted by molar-refractivity contribution is 0.173. The van der Waals surface area contributed by atoms with Crippen LogP contribution in [0.5, 0.6) is 11.5 Å². The van der Waals surface area contributed by atoms with E-state index in [2.05, 4.69) is 15.3 Å². The van der Waals surface area contributed by atoms with E-state index in [-0.39, 0.29) is 0 Å². The van der Waals surface area contributed by atoms with E-state index in [1.807, 2.05) is 24.4 Å². The molecule has 1 aromatic carbocycles. The third-order valence-electron chi connectivity index (χ3n) is 2.66. The molecular formula is C12H13N3O2. The molecule has 2 heterocycles. The van der Waals surface area contributed by atoms with Gasteiger partial charge in [0.15, 0.2) is 11.5 Å². The van der Waals surface area contributed by atoms with Crippen molar-refractivity contribution in [3.8, 4) is 11.5 Å². The molecule has 1 aromatic heterocycles. The molecule has 0 spiro atoms. The summed E-state index contributed by atoms with van der Waals surface area (Å²) < 4.78 is 10.8. The van der Waals surface area contributed by atoms with E-state index in [9.17, 15) is 0 Å². The minimum absolute atomic E-state index is 0.312. The molecule has 5 heteroatoms. The third kappa shape index (κ3) is 2.09. The number of para-hydroxylation sites is 1. The summed E-state index contributed by atoms with van der Waals surface area (Å²) in [6.45, 7) is 1.81. The monoisotopic (exact) mass is 231 g/mol. The normalized spacial score (nSPS) is 12.9. The number of rotatable bonds is 4. The van der Waals surface area contributed by atoms with Crippen LogP contribution in [-0.4, -0.2) is 16.8 Å². The van der Waals surface area contributed by atoms with E-state index in [1.165, 1.54) is 0 Å². The molecular weight excluding hydrogens is 218 g/mol. The lowest BCUT2D eigenvalue weighted by atomic mass is 10.2. The largest absolute Gasteiger partial charge is 0.454 e. The van der Waals surface area contributed by atoms with E-state index in [4.69, 9.17) is 9.47 Å². The number of nitrogens with one attached hydrogen (secondary N) is 2. The molecule has 17 heavy (non-hydrogen) atoms. The first-order valence-corrected chi connectivity index (χ1v) is 5.49. The molecule has 0 bridgehead atoms. The van der Waals surface area contributed by atoms with E-state index in [0.29, 0.717) is 6.79 Å². The quantitative estimate of drug-likeness (QED) is 0.835. The van der Waals surface area contributed by atoms with Crippen molar-refractivity contribution >= 4 is 0 Å². The van der Waals surface area contributed by atoms with E-state index in [0.717, 1.165) is 35.8 Å². The van der Waals surface area contributed by atoms with Crippen molar-refractivity contribution in [1.82, 2.24) is 15.3 Å². The van der Waals surface area contributed by atoms with Crippen LogP contribution in [0.2, 0.25) is 0 Å². The smallest absolute Gasteiger partial charge is 0.231 e. The summed E-state index contributed by atoms with van der Waals surface area (Å²) in [5.74, 6) is 1.68. The molecule has 0 fully saturated rings. The Morgan fingerprint density at radius 1 is 1.29 bits per heavy atom. The maximum Gasteiger partial charge on any atom is 0.231 e. The summed E-state index contributed by atoms with van der Waals surface area (Å²) in [6, 6.07) is 5.93. The predicted molar refractivity (Wildman–Crippen MR) is 61.7 cm³/mol. The summed E-state index contributed by atoms with van der Waals surface area (Å²) in [5, 5.41) is 3.33. The first-order valence-electron chi connectivity index (χ1n) is 5.49. The Bertz CT molecular complexity index is 496. The van der Waals surface area contributed by atoms with Gasteiger partial charge in [-0.05, 0) is 6.07 Å². The van der Waals surface area contributed by atoms with Crippen LogP contribution >= 0.6 is 0 Å². The Kier molecular flexibility index (Phi) is 2.67. The highest BCUT2D eigenvalue weighted by molar-refractivity contribution is 5.48. The van der Waals surface area contributed by atoms with E-state index >= 15 is 0 Å². The number of nitrogens with zero attached hydrogens (tertiary/aromatic N) is 1. The number of H-pyrrole nitrogens is 1. The van der Waals surface area contributed by atoms with Crippen molar-refractivity contribution in [1.29, 1.82) is 0 Å². The molecule has 5 nitrogen and oxygen atoms in total. The highest BCUT2D eigenvalue weighted by Crippen LogP contribution is 2.35.